The van der Waals surface area contributed by atoms with Gasteiger partial charge in [-0.15, -0.1) is 0 Å². The maximum Gasteiger partial charge on any atom is 0.337 e. The molecule has 23 heavy (non-hydrogen) atoms. The summed E-state index contributed by atoms with van der Waals surface area (Å²) in [5.74, 6) is -1.03. The SMILES string of the molecule is C[C@@H](c1ccc(-c2ncc(C(=O)O)cc2Cl)cc1)N1CCCC1. The van der Waals surface area contributed by atoms with E-state index in [-0.39, 0.29) is 5.56 Å². The number of carboxylic acid groups (broad SMARTS) is 1. The summed E-state index contributed by atoms with van der Waals surface area (Å²) in [6, 6.07) is 10.0. The van der Waals surface area contributed by atoms with Gasteiger partial charge in [-0.25, -0.2) is 4.79 Å². The van der Waals surface area contributed by atoms with Gasteiger partial charge in [-0.2, -0.15) is 0 Å². The fraction of sp³-hybridized carbons (Fsp3) is 0.333. The van der Waals surface area contributed by atoms with E-state index in [1.54, 1.807) is 0 Å². The number of carbonyl (C=O) groups is 1. The van der Waals surface area contributed by atoms with Crippen molar-refractivity contribution in [1.29, 1.82) is 0 Å². The van der Waals surface area contributed by atoms with E-state index >= 15 is 0 Å². The lowest BCUT2D eigenvalue weighted by Gasteiger charge is -2.24. The Hall–Kier alpha value is -1.91. The van der Waals surface area contributed by atoms with Gasteiger partial charge in [0.2, 0.25) is 0 Å². The van der Waals surface area contributed by atoms with Crippen molar-refractivity contribution in [3.05, 3.63) is 52.7 Å². The number of nitrogens with zero attached hydrogens (tertiary/aromatic N) is 2. The topological polar surface area (TPSA) is 53.4 Å². The first-order valence-corrected chi connectivity index (χ1v) is 8.17. The van der Waals surface area contributed by atoms with Gasteiger partial charge in [-0.1, -0.05) is 35.9 Å². The molecule has 2 aromatic rings. The molecule has 120 valence electrons. The highest BCUT2D eigenvalue weighted by molar-refractivity contribution is 6.33. The van der Waals surface area contributed by atoms with Crippen molar-refractivity contribution in [2.75, 3.05) is 13.1 Å². The van der Waals surface area contributed by atoms with Crippen molar-refractivity contribution < 1.29 is 9.90 Å². The maximum absolute atomic E-state index is 10.9. The average molecular weight is 331 g/mol. The van der Waals surface area contributed by atoms with E-state index in [2.05, 4.69) is 28.9 Å². The van der Waals surface area contributed by atoms with E-state index in [0.717, 1.165) is 18.7 Å². The van der Waals surface area contributed by atoms with E-state index in [9.17, 15) is 4.79 Å². The van der Waals surface area contributed by atoms with Crippen LogP contribution < -0.4 is 0 Å². The minimum Gasteiger partial charge on any atom is -0.478 e. The van der Waals surface area contributed by atoms with Crippen molar-refractivity contribution >= 4 is 17.6 Å². The minimum atomic E-state index is -1.03. The zero-order valence-electron chi connectivity index (χ0n) is 13.0. The summed E-state index contributed by atoms with van der Waals surface area (Å²) in [6.07, 6.45) is 3.89. The molecular formula is C18H19ClN2O2. The Balaban J connectivity index is 1.83. The molecule has 5 heteroatoms. The molecular weight excluding hydrogens is 312 g/mol. The molecule has 1 aromatic heterocycles. The lowest BCUT2D eigenvalue weighted by molar-refractivity contribution is 0.0696. The fourth-order valence-electron chi connectivity index (χ4n) is 3.03. The summed E-state index contributed by atoms with van der Waals surface area (Å²) in [4.78, 5) is 17.6. The van der Waals surface area contributed by atoms with Crippen molar-refractivity contribution in [2.24, 2.45) is 0 Å². The van der Waals surface area contributed by atoms with Gasteiger partial charge in [0.15, 0.2) is 0 Å². The molecule has 0 saturated carbocycles. The largest absolute Gasteiger partial charge is 0.478 e. The standard InChI is InChI=1S/C18H19ClN2O2/c1-12(21-8-2-3-9-21)13-4-6-14(7-5-13)17-16(19)10-15(11-20-17)18(22)23/h4-7,10-12H,2-3,8-9H2,1H3,(H,22,23)/t12-/m0/s1. The van der Waals surface area contributed by atoms with Crippen LogP contribution >= 0.6 is 11.6 Å². The lowest BCUT2D eigenvalue weighted by Crippen LogP contribution is -2.23. The van der Waals surface area contributed by atoms with E-state index < -0.39 is 5.97 Å². The van der Waals surface area contributed by atoms with Crippen LogP contribution in [0.4, 0.5) is 0 Å². The molecule has 3 rings (SSSR count). The molecule has 0 aliphatic carbocycles. The molecule has 0 bridgehead atoms. The smallest absolute Gasteiger partial charge is 0.337 e. The summed E-state index contributed by atoms with van der Waals surface area (Å²) in [6.45, 7) is 4.55. The molecule has 0 radical (unpaired) electrons. The molecule has 1 atom stereocenters. The Morgan fingerprint density at radius 1 is 1.26 bits per heavy atom. The molecule has 1 aliphatic rings. The Labute approximate surface area is 140 Å². The normalized spacial score (nSPS) is 16.4. The summed E-state index contributed by atoms with van der Waals surface area (Å²) in [5.41, 5.74) is 2.87. The van der Waals surface area contributed by atoms with Crippen LogP contribution in [0.1, 0.15) is 41.7 Å². The second kappa shape index (κ2) is 6.69. The van der Waals surface area contributed by atoms with Gasteiger partial charge in [0, 0.05) is 17.8 Å². The van der Waals surface area contributed by atoms with Crippen LogP contribution in [0, 0.1) is 0 Å². The van der Waals surface area contributed by atoms with Crippen LogP contribution in [-0.2, 0) is 0 Å². The Morgan fingerprint density at radius 2 is 1.91 bits per heavy atom. The highest BCUT2D eigenvalue weighted by Crippen LogP contribution is 2.29. The van der Waals surface area contributed by atoms with Crippen LogP contribution in [0.15, 0.2) is 36.5 Å². The molecule has 1 N–H and O–H groups in total. The highest BCUT2D eigenvalue weighted by atomic mass is 35.5. The Kier molecular flexibility index (Phi) is 4.64. The first kappa shape index (κ1) is 16.0. The van der Waals surface area contributed by atoms with Crippen molar-refractivity contribution in [1.82, 2.24) is 9.88 Å². The zero-order valence-corrected chi connectivity index (χ0v) is 13.8. The summed E-state index contributed by atoms with van der Waals surface area (Å²) >= 11 is 6.18. The zero-order chi connectivity index (χ0) is 16.4. The Bertz CT molecular complexity index is 709. The van der Waals surface area contributed by atoms with Gasteiger partial charge in [0.05, 0.1) is 16.3 Å². The number of carboxylic acids is 1. The first-order chi connectivity index (χ1) is 11.1. The number of aromatic nitrogens is 1. The Morgan fingerprint density at radius 3 is 2.48 bits per heavy atom. The maximum atomic E-state index is 10.9. The van der Waals surface area contributed by atoms with E-state index in [1.807, 2.05) is 12.1 Å². The molecule has 0 spiro atoms. The number of hydrogen-bond donors (Lipinski definition) is 1. The van der Waals surface area contributed by atoms with Gasteiger partial charge in [-0.05, 0) is 44.5 Å². The summed E-state index contributed by atoms with van der Waals surface area (Å²) < 4.78 is 0. The number of benzene rings is 1. The molecule has 0 unspecified atom stereocenters. The lowest BCUT2D eigenvalue weighted by atomic mass is 10.0. The van der Waals surface area contributed by atoms with E-state index in [0.29, 0.717) is 16.8 Å². The number of halogens is 1. The number of rotatable bonds is 4. The monoisotopic (exact) mass is 330 g/mol. The van der Waals surface area contributed by atoms with Gasteiger partial charge >= 0.3 is 5.97 Å². The van der Waals surface area contributed by atoms with Crippen LogP contribution in [0.5, 0.6) is 0 Å². The van der Waals surface area contributed by atoms with E-state index in [4.69, 9.17) is 16.7 Å². The predicted molar refractivity (Wildman–Crippen MR) is 90.9 cm³/mol. The molecule has 4 nitrogen and oxygen atoms in total. The van der Waals surface area contributed by atoms with Crippen molar-refractivity contribution in [2.45, 2.75) is 25.8 Å². The molecule has 1 saturated heterocycles. The van der Waals surface area contributed by atoms with E-state index in [1.165, 1.54) is 30.7 Å². The summed E-state index contributed by atoms with van der Waals surface area (Å²) in [5, 5.41) is 9.32. The molecule has 1 fully saturated rings. The fourth-order valence-corrected chi connectivity index (χ4v) is 3.30. The first-order valence-electron chi connectivity index (χ1n) is 7.79. The number of pyridine rings is 1. The van der Waals surface area contributed by atoms with Crippen molar-refractivity contribution in [3.63, 3.8) is 0 Å². The number of likely N-dealkylation sites (tertiary alicyclic amines) is 1. The quantitative estimate of drug-likeness (QED) is 0.910. The second-order valence-electron chi connectivity index (χ2n) is 5.90. The van der Waals surface area contributed by atoms with Crippen LogP contribution in [0.2, 0.25) is 5.02 Å². The van der Waals surface area contributed by atoms with Gasteiger partial charge in [0.25, 0.3) is 0 Å². The molecule has 2 heterocycles. The number of hydrogen-bond acceptors (Lipinski definition) is 3. The van der Waals surface area contributed by atoms with Crippen LogP contribution in [-0.4, -0.2) is 34.0 Å². The minimum absolute atomic E-state index is 0.0954. The second-order valence-corrected chi connectivity index (χ2v) is 6.31. The average Bonchev–Trinajstić information content (AvgIpc) is 3.08. The van der Waals surface area contributed by atoms with Gasteiger partial charge < -0.3 is 5.11 Å². The molecule has 0 amide bonds. The molecule has 1 aliphatic heterocycles. The third-order valence-corrected chi connectivity index (χ3v) is 4.73. The van der Waals surface area contributed by atoms with Crippen LogP contribution in [0.3, 0.4) is 0 Å². The van der Waals surface area contributed by atoms with Gasteiger partial charge in [-0.3, -0.25) is 9.88 Å². The van der Waals surface area contributed by atoms with Gasteiger partial charge in [0.1, 0.15) is 0 Å². The van der Waals surface area contributed by atoms with Crippen molar-refractivity contribution in [3.8, 4) is 11.3 Å². The number of aromatic carboxylic acids is 1. The third-order valence-electron chi connectivity index (χ3n) is 4.44. The summed E-state index contributed by atoms with van der Waals surface area (Å²) in [7, 11) is 0. The molecule has 1 aromatic carbocycles. The third kappa shape index (κ3) is 3.38. The predicted octanol–water partition coefficient (Wildman–Crippen LogP) is 4.26. The van der Waals surface area contributed by atoms with Crippen LogP contribution in [0.25, 0.3) is 11.3 Å². The highest BCUT2D eigenvalue weighted by Gasteiger charge is 2.19.